The highest BCUT2D eigenvalue weighted by atomic mass is 127. The van der Waals surface area contributed by atoms with Gasteiger partial charge in [0.2, 0.25) is 5.91 Å². The number of alkyl halides is 1. The van der Waals surface area contributed by atoms with Crippen molar-refractivity contribution >= 4 is 41.1 Å². The first-order chi connectivity index (χ1) is 4.55. The van der Waals surface area contributed by atoms with Crippen LogP contribution in [-0.4, -0.2) is 27.2 Å². The highest BCUT2D eigenvalue weighted by molar-refractivity contribution is 14.1. The molecular formula is C6H10INOS. The molecule has 1 aliphatic heterocycles. The van der Waals surface area contributed by atoms with Crippen LogP contribution < -0.4 is 0 Å². The van der Waals surface area contributed by atoms with Crippen LogP contribution in [0, 0.1) is 5.92 Å². The van der Waals surface area contributed by atoms with E-state index < -0.39 is 0 Å². The minimum absolute atomic E-state index is 0.100. The lowest BCUT2D eigenvalue weighted by Gasteiger charge is -2.14. The van der Waals surface area contributed by atoms with Crippen LogP contribution in [-0.2, 0) is 4.79 Å². The van der Waals surface area contributed by atoms with E-state index in [0.29, 0.717) is 3.92 Å². The van der Waals surface area contributed by atoms with E-state index in [4.69, 9.17) is 0 Å². The van der Waals surface area contributed by atoms with Crippen molar-refractivity contribution in [1.82, 2.24) is 4.90 Å². The maximum Gasteiger partial charge on any atom is 0.227 e. The van der Waals surface area contributed by atoms with E-state index in [2.05, 4.69) is 35.2 Å². The highest BCUT2D eigenvalue weighted by Crippen LogP contribution is 2.31. The lowest BCUT2D eigenvalue weighted by Crippen LogP contribution is -2.26. The van der Waals surface area contributed by atoms with Gasteiger partial charge in [-0.15, -0.1) is 0 Å². The summed E-state index contributed by atoms with van der Waals surface area (Å²) in [4.78, 5) is 12.9. The van der Waals surface area contributed by atoms with Gasteiger partial charge in [0.15, 0.2) is 0 Å². The second-order valence-corrected chi connectivity index (χ2v) is 4.56. The van der Waals surface area contributed by atoms with Gasteiger partial charge in [-0.3, -0.25) is 4.79 Å². The van der Waals surface area contributed by atoms with E-state index in [9.17, 15) is 4.79 Å². The Morgan fingerprint density at radius 3 is 2.30 bits per heavy atom. The molecule has 0 saturated carbocycles. The van der Waals surface area contributed by atoms with Crippen molar-refractivity contribution < 1.29 is 4.79 Å². The predicted molar refractivity (Wildman–Crippen MR) is 52.5 cm³/mol. The van der Waals surface area contributed by atoms with Gasteiger partial charge in [0.05, 0.1) is 9.30 Å². The Balaban J connectivity index is 2.78. The molecule has 0 spiro atoms. The summed E-state index contributed by atoms with van der Waals surface area (Å²) in [5, 5.41) is 0.100. The largest absolute Gasteiger partial charge is 0.333 e. The molecule has 1 fully saturated rings. The monoisotopic (exact) mass is 271 g/mol. The molecule has 0 N–H and O–H groups in total. The molecule has 1 amide bonds. The van der Waals surface area contributed by atoms with Gasteiger partial charge in [-0.1, -0.05) is 29.5 Å². The molecule has 0 aliphatic carbocycles. The first-order valence-electron chi connectivity index (χ1n) is 3.14. The van der Waals surface area contributed by atoms with Crippen molar-refractivity contribution in [2.24, 2.45) is 5.92 Å². The third-order valence-corrected chi connectivity index (χ3v) is 4.89. The zero-order valence-electron chi connectivity index (χ0n) is 5.91. The van der Waals surface area contributed by atoms with E-state index in [1.54, 1.807) is 11.9 Å². The van der Waals surface area contributed by atoms with Crippen molar-refractivity contribution in [3.63, 3.8) is 0 Å². The minimum atomic E-state index is 0.100. The number of rotatable bonds is 0. The molecule has 3 atom stereocenters. The van der Waals surface area contributed by atoms with Crippen molar-refractivity contribution in [1.29, 1.82) is 0 Å². The van der Waals surface area contributed by atoms with Gasteiger partial charge < -0.3 is 4.90 Å². The standard InChI is InChI=1S/C6H10INOS/c1-3-4(7)6(10)8(2)5(3)9/h3-4,6,10H,1-2H3. The maximum atomic E-state index is 11.2. The first kappa shape index (κ1) is 8.64. The molecule has 0 aromatic carbocycles. The number of hydrogen-bond donors (Lipinski definition) is 1. The fraction of sp³-hybridized carbons (Fsp3) is 0.833. The van der Waals surface area contributed by atoms with Gasteiger partial charge in [-0.2, -0.15) is 12.6 Å². The lowest BCUT2D eigenvalue weighted by molar-refractivity contribution is -0.129. The van der Waals surface area contributed by atoms with Crippen molar-refractivity contribution in [2.45, 2.75) is 16.2 Å². The number of amides is 1. The molecule has 2 nitrogen and oxygen atoms in total. The summed E-state index contributed by atoms with van der Waals surface area (Å²) in [6, 6.07) is 0. The number of carbonyl (C=O) groups excluding carboxylic acids is 1. The molecule has 0 radical (unpaired) electrons. The van der Waals surface area contributed by atoms with E-state index in [1.165, 1.54) is 0 Å². The SMILES string of the molecule is CC1C(=O)N(C)C(S)C1I. The summed E-state index contributed by atoms with van der Waals surface area (Å²) in [6.07, 6.45) is 0. The molecule has 58 valence electrons. The number of halogens is 1. The van der Waals surface area contributed by atoms with Crippen molar-refractivity contribution in [2.75, 3.05) is 7.05 Å². The zero-order chi connectivity index (χ0) is 7.89. The lowest BCUT2D eigenvalue weighted by atomic mass is 10.1. The maximum absolute atomic E-state index is 11.2. The molecule has 0 aromatic heterocycles. The quantitative estimate of drug-likeness (QED) is 0.398. The Bertz CT molecular complexity index is 148. The molecule has 0 aromatic rings. The fourth-order valence-electron chi connectivity index (χ4n) is 1.06. The van der Waals surface area contributed by atoms with Crippen molar-refractivity contribution in [3.05, 3.63) is 0 Å². The topological polar surface area (TPSA) is 20.3 Å². The summed E-state index contributed by atoms with van der Waals surface area (Å²) in [5.41, 5.74) is 0. The van der Waals surface area contributed by atoms with E-state index in [-0.39, 0.29) is 17.2 Å². The number of hydrogen-bond acceptors (Lipinski definition) is 2. The normalized spacial score (nSPS) is 41.0. The number of nitrogens with zero attached hydrogens (tertiary/aromatic N) is 1. The van der Waals surface area contributed by atoms with Crippen LogP contribution in [0.2, 0.25) is 0 Å². The molecule has 1 aliphatic rings. The second-order valence-electron chi connectivity index (χ2n) is 2.60. The molecule has 3 unspecified atom stereocenters. The van der Waals surface area contributed by atoms with Gasteiger partial charge in [0.25, 0.3) is 0 Å². The van der Waals surface area contributed by atoms with Crippen LogP contribution in [0.25, 0.3) is 0 Å². The summed E-state index contributed by atoms with van der Waals surface area (Å²) >= 11 is 6.57. The van der Waals surface area contributed by atoms with Gasteiger partial charge in [-0.05, 0) is 0 Å². The van der Waals surface area contributed by atoms with Crippen LogP contribution in [0.15, 0.2) is 0 Å². The Labute approximate surface area is 79.9 Å². The number of likely N-dealkylation sites (tertiary alicyclic amines) is 1. The third-order valence-electron chi connectivity index (χ3n) is 1.90. The van der Waals surface area contributed by atoms with Crippen LogP contribution in [0.5, 0.6) is 0 Å². The van der Waals surface area contributed by atoms with E-state index >= 15 is 0 Å². The number of thiol groups is 1. The Kier molecular flexibility index (Phi) is 2.50. The number of carbonyl (C=O) groups is 1. The van der Waals surface area contributed by atoms with Crippen LogP contribution in [0.1, 0.15) is 6.92 Å². The van der Waals surface area contributed by atoms with Gasteiger partial charge in [0, 0.05) is 13.0 Å². The Morgan fingerprint density at radius 2 is 2.20 bits per heavy atom. The van der Waals surface area contributed by atoms with Gasteiger partial charge in [0.1, 0.15) is 0 Å². The molecule has 10 heavy (non-hydrogen) atoms. The highest BCUT2D eigenvalue weighted by Gasteiger charge is 2.39. The Hall–Kier alpha value is 0.550. The second kappa shape index (κ2) is 2.89. The molecular weight excluding hydrogens is 261 g/mol. The molecule has 0 bridgehead atoms. The zero-order valence-corrected chi connectivity index (χ0v) is 8.96. The van der Waals surface area contributed by atoms with Crippen LogP contribution >= 0.6 is 35.2 Å². The average molecular weight is 271 g/mol. The Morgan fingerprint density at radius 1 is 1.70 bits per heavy atom. The molecule has 4 heteroatoms. The summed E-state index contributed by atoms with van der Waals surface area (Å²) in [5.74, 6) is 0.340. The predicted octanol–water partition coefficient (Wildman–Crippen LogP) is 1.15. The molecule has 1 heterocycles. The van der Waals surface area contributed by atoms with Crippen LogP contribution in [0.4, 0.5) is 0 Å². The summed E-state index contributed by atoms with van der Waals surface area (Å²) < 4.78 is 0.346. The van der Waals surface area contributed by atoms with E-state index in [1.807, 2.05) is 6.92 Å². The van der Waals surface area contributed by atoms with Crippen LogP contribution in [0.3, 0.4) is 0 Å². The summed E-state index contributed by atoms with van der Waals surface area (Å²) in [6.45, 7) is 1.95. The fourth-order valence-corrected chi connectivity index (χ4v) is 2.22. The van der Waals surface area contributed by atoms with Crippen molar-refractivity contribution in [3.8, 4) is 0 Å². The minimum Gasteiger partial charge on any atom is -0.333 e. The smallest absolute Gasteiger partial charge is 0.227 e. The van der Waals surface area contributed by atoms with Gasteiger partial charge in [-0.25, -0.2) is 0 Å². The van der Waals surface area contributed by atoms with E-state index in [0.717, 1.165) is 0 Å². The van der Waals surface area contributed by atoms with Gasteiger partial charge >= 0.3 is 0 Å². The third kappa shape index (κ3) is 1.15. The average Bonchev–Trinajstić information content (AvgIpc) is 2.07. The molecule has 1 rings (SSSR count). The first-order valence-corrected chi connectivity index (χ1v) is 4.90. The summed E-state index contributed by atoms with van der Waals surface area (Å²) in [7, 11) is 1.80. The molecule has 1 saturated heterocycles.